The molecular formula is C20H22IN3O2S. The third-order valence-corrected chi connectivity index (χ3v) is 6.13. The lowest BCUT2D eigenvalue weighted by atomic mass is 10.2. The first-order valence-electron chi connectivity index (χ1n) is 8.65. The average Bonchev–Trinajstić information content (AvgIpc) is 3.07. The van der Waals surface area contributed by atoms with Gasteiger partial charge < -0.3 is 9.64 Å². The summed E-state index contributed by atoms with van der Waals surface area (Å²) in [6, 6.07) is 13.5. The zero-order valence-corrected chi connectivity index (χ0v) is 18.6. The van der Waals surface area contributed by atoms with Gasteiger partial charge in [-0.3, -0.25) is 9.69 Å². The SMILES string of the molecule is COc1ccc2nc(N(CCCN(C)C)C(=O)c3ccccc3I)sc2c1. The lowest BCUT2D eigenvalue weighted by Crippen LogP contribution is -2.33. The van der Waals surface area contributed by atoms with E-state index in [1.165, 1.54) is 11.3 Å². The summed E-state index contributed by atoms with van der Waals surface area (Å²) >= 11 is 3.73. The number of amides is 1. The monoisotopic (exact) mass is 495 g/mol. The summed E-state index contributed by atoms with van der Waals surface area (Å²) in [6.07, 6.45) is 0.876. The maximum absolute atomic E-state index is 13.3. The van der Waals surface area contributed by atoms with Crippen molar-refractivity contribution in [3.05, 3.63) is 51.6 Å². The van der Waals surface area contributed by atoms with E-state index < -0.39 is 0 Å². The minimum absolute atomic E-state index is 0.00947. The van der Waals surface area contributed by atoms with Gasteiger partial charge in [0.15, 0.2) is 5.13 Å². The van der Waals surface area contributed by atoms with E-state index in [0.29, 0.717) is 12.1 Å². The lowest BCUT2D eigenvalue weighted by molar-refractivity contribution is 0.0985. The van der Waals surface area contributed by atoms with Crippen LogP contribution in [0.4, 0.5) is 5.13 Å². The molecular weight excluding hydrogens is 473 g/mol. The Bertz CT molecular complexity index is 942. The molecule has 3 aromatic rings. The van der Waals surface area contributed by atoms with E-state index in [1.807, 2.05) is 56.6 Å². The summed E-state index contributed by atoms with van der Waals surface area (Å²) in [5, 5.41) is 0.724. The van der Waals surface area contributed by atoms with Gasteiger partial charge in [-0.2, -0.15) is 0 Å². The summed E-state index contributed by atoms with van der Waals surface area (Å²) in [5.74, 6) is 0.783. The van der Waals surface area contributed by atoms with Crippen LogP contribution < -0.4 is 9.64 Å². The Kier molecular flexibility index (Phi) is 6.67. The molecule has 1 heterocycles. The highest BCUT2D eigenvalue weighted by Gasteiger charge is 2.22. The Labute approximate surface area is 177 Å². The number of aromatic nitrogens is 1. The van der Waals surface area contributed by atoms with Crippen LogP contribution in [0.3, 0.4) is 0 Å². The van der Waals surface area contributed by atoms with Crippen molar-refractivity contribution in [1.29, 1.82) is 0 Å². The number of halogens is 1. The fourth-order valence-electron chi connectivity index (χ4n) is 2.74. The van der Waals surface area contributed by atoms with Crippen molar-refractivity contribution in [2.24, 2.45) is 0 Å². The summed E-state index contributed by atoms with van der Waals surface area (Å²) in [4.78, 5) is 21.9. The van der Waals surface area contributed by atoms with Crippen molar-refractivity contribution < 1.29 is 9.53 Å². The van der Waals surface area contributed by atoms with Crippen LogP contribution >= 0.6 is 33.9 Å². The molecule has 0 spiro atoms. The molecule has 3 rings (SSSR count). The van der Waals surface area contributed by atoms with Crippen molar-refractivity contribution in [3.8, 4) is 5.75 Å². The van der Waals surface area contributed by atoms with E-state index >= 15 is 0 Å². The predicted octanol–water partition coefficient (Wildman–Crippen LogP) is 4.51. The van der Waals surface area contributed by atoms with Gasteiger partial charge >= 0.3 is 0 Å². The lowest BCUT2D eigenvalue weighted by Gasteiger charge is -2.21. The largest absolute Gasteiger partial charge is 0.497 e. The maximum Gasteiger partial charge on any atom is 0.261 e. The van der Waals surface area contributed by atoms with Crippen LogP contribution in [0.5, 0.6) is 5.75 Å². The van der Waals surface area contributed by atoms with Gasteiger partial charge in [0.25, 0.3) is 5.91 Å². The highest BCUT2D eigenvalue weighted by Crippen LogP contribution is 2.32. The minimum Gasteiger partial charge on any atom is -0.497 e. The number of rotatable bonds is 7. The van der Waals surface area contributed by atoms with Crippen LogP contribution in [0.15, 0.2) is 42.5 Å². The van der Waals surface area contributed by atoms with Gasteiger partial charge in [0, 0.05) is 10.1 Å². The molecule has 0 unspecified atom stereocenters. The highest BCUT2D eigenvalue weighted by molar-refractivity contribution is 14.1. The van der Waals surface area contributed by atoms with Crippen molar-refractivity contribution >= 4 is 55.2 Å². The molecule has 0 fully saturated rings. The fourth-order valence-corrected chi connectivity index (χ4v) is 4.38. The first-order valence-corrected chi connectivity index (χ1v) is 10.5. The summed E-state index contributed by atoms with van der Waals surface area (Å²) in [5.41, 5.74) is 1.59. The number of nitrogens with zero attached hydrogens (tertiary/aromatic N) is 3. The van der Waals surface area contributed by atoms with Gasteiger partial charge in [-0.1, -0.05) is 23.5 Å². The second-order valence-electron chi connectivity index (χ2n) is 6.42. The number of hydrogen-bond donors (Lipinski definition) is 0. The molecule has 1 amide bonds. The summed E-state index contributed by atoms with van der Waals surface area (Å²) in [7, 11) is 5.73. The second-order valence-corrected chi connectivity index (χ2v) is 8.59. The van der Waals surface area contributed by atoms with Crippen LogP contribution in [0.1, 0.15) is 16.8 Å². The number of methoxy groups -OCH3 is 1. The zero-order chi connectivity index (χ0) is 19.4. The molecule has 0 aliphatic heterocycles. The van der Waals surface area contributed by atoms with Crippen molar-refractivity contribution in [1.82, 2.24) is 9.88 Å². The second kappa shape index (κ2) is 8.99. The van der Waals surface area contributed by atoms with Crippen LogP contribution in [0, 0.1) is 3.57 Å². The van der Waals surface area contributed by atoms with E-state index in [9.17, 15) is 4.79 Å². The van der Waals surface area contributed by atoms with Gasteiger partial charge in [0.05, 0.1) is 22.9 Å². The number of thiazole rings is 1. The molecule has 7 heteroatoms. The van der Waals surface area contributed by atoms with Gasteiger partial charge in [-0.15, -0.1) is 0 Å². The number of ether oxygens (including phenoxy) is 1. The first-order chi connectivity index (χ1) is 13.0. The predicted molar refractivity (Wildman–Crippen MR) is 120 cm³/mol. The van der Waals surface area contributed by atoms with Gasteiger partial charge in [0.1, 0.15) is 5.75 Å². The molecule has 0 saturated heterocycles. The van der Waals surface area contributed by atoms with E-state index in [0.717, 1.165) is 37.6 Å². The third kappa shape index (κ3) is 4.77. The Morgan fingerprint density at radius 2 is 1.96 bits per heavy atom. The molecule has 27 heavy (non-hydrogen) atoms. The molecule has 5 nitrogen and oxygen atoms in total. The molecule has 0 bridgehead atoms. The number of carbonyl (C=O) groups is 1. The van der Waals surface area contributed by atoms with Gasteiger partial charge in [-0.25, -0.2) is 4.98 Å². The molecule has 0 saturated carbocycles. The minimum atomic E-state index is -0.00947. The number of carbonyl (C=O) groups excluding carboxylic acids is 1. The number of hydrogen-bond acceptors (Lipinski definition) is 5. The molecule has 0 aliphatic carbocycles. The van der Waals surface area contributed by atoms with Crippen LogP contribution in [0.2, 0.25) is 0 Å². The standard InChI is InChI=1S/C20H22IN3O2S/c1-23(2)11-6-12-24(19(25)15-7-4-5-8-16(15)21)20-22-17-10-9-14(26-3)13-18(17)27-20/h4-5,7-10,13H,6,11-12H2,1-3H3. The fraction of sp³-hybridized carbons (Fsp3) is 0.300. The zero-order valence-electron chi connectivity index (χ0n) is 15.6. The van der Waals surface area contributed by atoms with Crippen molar-refractivity contribution in [2.75, 3.05) is 39.2 Å². The Balaban J connectivity index is 1.96. The molecule has 0 aliphatic rings. The van der Waals surface area contributed by atoms with Gasteiger partial charge in [-0.05, 0) is 80.0 Å². The number of benzene rings is 2. The average molecular weight is 495 g/mol. The molecule has 0 atom stereocenters. The summed E-state index contributed by atoms with van der Waals surface area (Å²) < 4.78 is 7.26. The van der Waals surface area contributed by atoms with E-state index in [4.69, 9.17) is 9.72 Å². The maximum atomic E-state index is 13.3. The summed E-state index contributed by atoms with van der Waals surface area (Å²) in [6.45, 7) is 1.54. The van der Waals surface area contributed by atoms with E-state index in [1.54, 1.807) is 12.0 Å². The third-order valence-electron chi connectivity index (χ3n) is 4.15. The first kappa shape index (κ1) is 20.0. The Morgan fingerprint density at radius 3 is 2.67 bits per heavy atom. The molecule has 0 N–H and O–H groups in total. The molecule has 142 valence electrons. The smallest absolute Gasteiger partial charge is 0.261 e. The van der Waals surface area contributed by atoms with E-state index in [-0.39, 0.29) is 5.91 Å². The molecule has 0 radical (unpaired) electrons. The van der Waals surface area contributed by atoms with E-state index in [2.05, 4.69) is 27.5 Å². The number of fused-ring (bicyclic) bond motifs is 1. The Hall–Kier alpha value is -1.71. The molecule has 1 aromatic heterocycles. The van der Waals surface area contributed by atoms with Crippen LogP contribution in [-0.2, 0) is 0 Å². The molecule has 2 aromatic carbocycles. The highest BCUT2D eigenvalue weighted by atomic mass is 127. The quantitative estimate of drug-likeness (QED) is 0.453. The number of anilines is 1. The van der Waals surface area contributed by atoms with Crippen LogP contribution in [0.25, 0.3) is 10.2 Å². The normalized spacial score (nSPS) is 11.1. The topological polar surface area (TPSA) is 45.7 Å². The van der Waals surface area contributed by atoms with Crippen LogP contribution in [-0.4, -0.2) is 50.1 Å². The Morgan fingerprint density at radius 1 is 1.19 bits per heavy atom. The van der Waals surface area contributed by atoms with Crippen molar-refractivity contribution in [2.45, 2.75) is 6.42 Å². The van der Waals surface area contributed by atoms with Crippen molar-refractivity contribution in [3.63, 3.8) is 0 Å². The van der Waals surface area contributed by atoms with Gasteiger partial charge in [0.2, 0.25) is 0 Å².